The Labute approximate surface area is 150 Å². The fraction of sp³-hybridized carbons (Fsp3) is 0.273. The van der Waals surface area contributed by atoms with Gasteiger partial charge in [0.1, 0.15) is 5.75 Å². The summed E-state index contributed by atoms with van der Waals surface area (Å²) in [6.45, 7) is 2.22. The summed E-state index contributed by atoms with van der Waals surface area (Å²) in [7, 11) is 0. The van der Waals surface area contributed by atoms with Gasteiger partial charge in [0.15, 0.2) is 0 Å². The topological polar surface area (TPSA) is 45.0 Å². The van der Waals surface area contributed by atoms with Crippen LogP contribution in [-0.4, -0.2) is 17.5 Å². The second kappa shape index (κ2) is 11.0. The molecule has 0 fully saturated rings. The van der Waals surface area contributed by atoms with Crippen LogP contribution in [0.4, 0.5) is 0 Å². The molecule has 0 aliphatic carbocycles. The summed E-state index contributed by atoms with van der Waals surface area (Å²) in [5.41, 5.74) is 3.00. The highest BCUT2D eigenvalue weighted by molar-refractivity contribution is 5.87. The van der Waals surface area contributed by atoms with E-state index in [2.05, 4.69) is 35.3 Å². The van der Waals surface area contributed by atoms with Gasteiger partial charge in [-0.15, -0.1) is 0 Å². The van der Waals surface area contributed by atoms with E-state index in [1.165, 1.54) is 24.8 Å². The number of phenolic OH excluding ortho intramolecular Hbond substituents is 1. The number of rotatable bonds is 9. The molecule has 3 nitrogen and oxygen atoms in total. The third-order valence-electron chi connectivity index (χ3n) is 3.89. The fourth-order valence-electron chi connectivity index (χ4n) is 2.49. The van der Waals surface area contributed by atoms with Crippen molar-refractivity contribution in [3.8, 4) is 5.75 Å². The average Bonchev–Trinajstić information content (AvgIpc) is 2.64. The van der Waals surface area contributed by atoms with Crippen molar-refractivity contribution in [1.82, 2.24) is 0 Å². The van der Waals surface area contributed by atoms with E-state index >= 15 is 0 Å². The lowest BCUT2D eigenvalue weighted by molar-refractivity contribution is 0.474. The molecule has 0 radical (unpaired) electrons. The van der Waals surface area contributed by atoms with Gasteiger partial charge in [0.2, 0.25) is 0 Å². The van der Waals surface area contributed by atoms with Crippen molar-refractivity contribution in [2.75, 3.05) is 0 Å². The van der Waals surface area contributed by atoms with Crippen molar-refractivity contribution in [2.24, 2.45) is 10.2 Å². The van der Waals surface area contributed by atoms with Crippen LogP contribution < -0.4 is 0 Å². The minimum Gasteiger partial charge on any atom is -0.507 e. The van der Waals surface area contributed by atoms with E-state index in [-0.39, 0.29) is 5.75 Å². The molecular weight excluding hydrogens is 308 g/mol. The summed E-state index contributed by atoms with van der Waals surface area (Å²) in [5.74, 6) is 0.209. The van der Waals surface area contributed by atoms with Crippen LogP contribution in [0.2, 0.25) is 0 Å². The van der Waals surface area contributed by atoms with Crippen LogP contribution in [0, 0.1) is 0 Å². The first-order valence-corrected chi connectivity index (χ1v) is 8.89. The van der Waals surface area contributed by atoms with E-state index in [0.29, 0.717) is 5.56 Å². The molecular formula is C22H26N2O. The predicted molar refractivity (Wildman–Crippen MR) is 107 cm³/mol. The third-order valence-corrected chi connectivity index (χ3v) is 3.89. The largest absolute Gasteiger partial charge is 0.507 e. The zero-order valence-corrected chi connectivity index (χ0v) is 14.8. The number of nitrogens with zero attached hydrogens (tertiary/aromatic N) is 2. The summed E-state index contributed by atoms with van der Waals surface area (Å²) in [5, 5.41) is 18.0. The predicted octanol–water partition coefficient (Wildman–Crippen LogP) is 5.85. The molecule has 2 rings (SSSR count). The van der Waals surface area contributed by atoms with Gasteiger partial charge in [0.25, 0.3) is 0 Å². The van der Waals surface area contributed by atoms with Gasteiger partial charge in [-0.05, 0) is 36.1 Å². The number of unbranched alkanes of at least 4 members (excludes halogenated alkanes) is 3. The van der Waals surface area contributed by atoms with Gasteiger partial charge < -0.3 is 5.11 Å². The van der Waals surface area contributed by atoms with E-state index in [0.717, 1.165) is 18.4 Å². The van der Waals surface area contributed by atoms with Crippen LogP contribution in [0.3, 0.4) is 0 Å². The van der Waals surface area contributed by atoms with E-state index in [4.69, 9.17) is 0 Å². The lowest BCUT2D eigenvalue weighted by atomic mass is 10.0. The van der Waals surface area contributed by atoms with Crippen molar-refractivity contribution in [3.63, 3.8) is 0 Å². The molecule has 0 heterocycles. The van der Waals surface area contributed by atoms with E-state index in [1.54, 1.807) is 24.4 Å². The Morgan fingerprint density at radius 1 is 0.920 bits per heavy atom. The van der Waals surface area contributed by atoms with Gasteiger partial charge in [0.05, 0.1) is 12.4 Å². The molecule has 0 unspecified atom stereocenters. The summed E-state index contributed by atoms with van der Waals surface area (Å²) < 4.78 is 0. The molecule has 3 heteroatoms. The molecule has 0 spiro atoms. The molecule has 130 valence electrons. The molecule has 0 saturated heterocycles. The van der Waals surface area contributed by atoms with Gasteiger partial charge in [-0.25, -0.2) is 0 Å². The number of para-hydroxylation sites is 1. The van der Waals surface area contributed by atoms with Crippen molar-refractivity contribution in [2.45, 2.75) is 39.0 Å². The normalized spacial score (nSPS) is 12.3. The Morgan fingerprint density at radius 3 is 2.44 bits per heavy atom. The van der Waals surface area contributed by atoms with E-state index < -0.39 is 0 Å². The number of allylic oxidation sites excluding steroid dienone is 1. The molecule has 2 aromatic rings. The lowest BCUT2D eigenvalue weighted by Gasteiger charge is -2.02. The van der Waals surface area contributed by atoms with Gasteiger partial charge >= 0.3 is 0 Å². The summed E-state index contributed by atoms with van der Waals surface area (Å²) >= 11 is 0. The number of hydrogen-bond acceptors (Lipinski definition) is 3. The van der Waals surface area contributed by atoms with Gasteiger partial charge in [-0.2, -0.15) is 10.2 Å². The van der Waals surface area contributed by atoms with Crippen molar-refractivity contribution in [3.05, 3.63) is 71.3 Å². The number of hydrogen-bond donors (Lipinski definition) is 1. The molecule has 0 aromatic heterocycles. The Balaban J connectivity index is 2.04. The molecule has 0 saturated carbocycles. The zero-order valence-electron chi connectivity index (χ0n) is 14.8. The van der Waals surface area contributed by atoms with Crippen LogP contribution >= 0.6 is 0 Å². The van der Waals surface area contributed by atoms with Crippen molar-refractivity contribution >= 4 is 18.5 Å². The maximum atomic E-state index is 9.73. The molecule has 0 amide bonds. The zero-order chi connectivity index (χ0) is 17.7. The van der Waals surface area contributed by atoms with E-state index in [9.17, 15) is 5.11 Å². The smallest absolute Gasteiger partial charge is 0.124 e. The average molecular weight is 334 g/mol. The first-order chi connectivity index (χ1) is 12.3. The minimum absolute atomic E-state index is 0.209. The first kappa shape index (κ1) is 18.7. The highest BCUT2D eigenvalue weighted by Crippen LogP contribution is 2.14. The summed E-state index contributed by atoms with van der Waals surface area (Å²) in [6, 6.07) is 17.4. The minimum atomic E-state index is 0.209. The standard InChI is InChI=1S/C22H26N2O/c1-2-3-4-6-13-20(16-19-11-7-5-8-12-19)17-23-24-18-21-14-9-10-15-22(21)25/h5,7-12,14-18,25H,2-4,6,13H2,1H3/b20-16?,23-17+,24-18+. The molecule has 1 N–H and O–H groups in total. The maximum Gasteiger partial charge on any atom is 0.124 e. The second-order valence-electron chi connectivity index (χ2n) is 5.99. The molecule has 0 bridgehead atoms. The Kier molecular flexibility index (Phi) is 8.19. The van der Waals surface area contributed by atoms with Crippen LogP contribution in [0.15, 0.2) is 70.4 Å². The number of aromatic hydroxyl groups is 1. The maximum absolute atomic E-state index is 9.73. The molecule has 25 heavy (non-hydrogen) atoms. The SMILES string of the molecule is CCCCCCC(=Cc1ccccc1)/C=N/N=C/c1ccccc1O. The molecule has 0 aliphatic heterocycles. The molecule has 0 aliphatic rings. The Morgan fingerprint density at radius 2 is 1.68 bits per heavy atom. The Bertz CT molecular complexity index is 718. The molecule has 0 atom stereocenters. The van der Waals surface area contributed by atoms with Crippen molar-refractivity contribution < 1.29 is 5.11 Å². The van der Waals surface area contributed by atoms with Gasteiger partial charge in [-0.3, -0.25) is 0 Å². The highest BCUT2D eigenvalue weighted by atomic mass is 16.3. The number of phenols is 1. The van der Waals surface area contributed by atoms with Gasteiger partial charge in [-0.1, -0.05) is 74.7 Å². The first-order valence-electron chi connectivity index (χ1n) is 8.89. The summed E-state index contributed by atoms with van der Waals surface area (Å²) in [6.07, 6.45) is 11.4. The lowest BCUT2D eigenvalue weighted by Crippen LogP contribution is -1.88. The second-order valence-corrected chi connectivity index (χ2v) is 5.99. The van der Waals surface area contributed by atoms with Crippen LogP contribution in [0.25, 0.3) is 6.08 Å². The van der Waals surface area contributed by atoms with Gasteiger partial charge in [0, 0.05) is 5.56 Å². The van der Waals surface area contributed by atoms with Crippen molar-refractivity contribution in [1.29, 1.82) is 0 Å². The fourth-order valence-corrected chi connectivity index (χ4v) is 2.49. The Hall–Kier alpha value is -2.68. The van der Waals surface area contributed by atoms with E-state index in [1.807, 2.05) is 30.5 Å². The van der Waals surface area contributed by atoms with Crippen LogP contribution in [0.1, 0.15) is 50.2 Å². The highest BCUT2D eigenvalue weighted by Gasteiger charge is 1.97. The van der Waals surface area contributed by atoms with Crippen LogP contribution in [0.5, 0.6) is 5.75 Å². The van der Waals surface area contributed by atoms with Crippen LogP contribution in [-0.2, 0) is 0 Å². The quantitative estimate of drug-likeness (QED) is 0.349. The monoisotopic (exact) mass is 334 g/mol. The third kappa shape index (κ3) is 7.17. The molecule has 2 aromatic carbocycles. The summed E-state index contributed by atoms with van der Waals surface area (Å²) in [4.78, 5) is 0. The number of benzene rings is 2.